The molecular weight excluding hydrogens is 274 g/mol. The van der Waals surface area contributed by atoms with E-state index in [1.165, 1.54) is 12.1 Å². The molecule has 2 rings (SSSR count). The Morgan fingerprint density at radius 1 is 1.14 bits per heavy atom. The third-order valence-corrected chi connectivity index (χ3v) is 3.22. The summed E-state index contributed by atoms with van der Waals surface area (Å²) in [5.41, 5.74) is 1.36. The highest BCUT2D eigenvalue weighted by molar-refractivity contribution is 5.38. The first-order valence-corrected chi connectivity index (χ1v) is 6.75. The summed E-state index contributed by atoms with van der Waals surface area (Å²) >= 11 is 0. The van der Waals surface area contributed by atoms with Crippen LogP contribution in [0.3, 0.4) is 0 Å². The van der Waals surface area contributed by atoms with E-state index in [1.54, 1.807) is 43.3 Å². The Labute approximate surface area is 123 Å². The molecule has 1 atom stereocenters. The zero-order chi connectivity index (χ0) is 15.5. The van der Waals surface area contributed by atoms with Crippen molar-refractivity contribution in [1.29, 1.82) is 0 Å². The van der Waals surface area contributed by atoms with Gasteiger partial charge >= 0.3 is 5.92 Å². The summed E-state index contributed by atoms with van der Waals surface area (Å²) in [5.74, 6) is -2.80. The Kier molecular flexibility index (Phi) is 4.58. The van der Waals surface area contributed by atoms with Crippen LogP contribution < -0.4 is 4.74 Å². The zero-order valence-electron chi connectivity index (χ0n) is 12.0. The van der Waals surface area contributed by atoms with Gasteiger partial charge in [-0.15, -0.1) is 0 Å². The monoisotopic (exact) mass is 292 g/mol. The van der Waals surface area contributed by atoms with Crippen molar-refractivity contribution in [2.75, 3.05) is 6.61 Å². The maximum Gasteiger partial charge on any atom is 0.306 e. The number of hydrogen-bond acceptors (Lipinski definition) is 2. The van der Waals surface area contributed by atoms with Gasteiger partial charge < -0.3 is 9.84 Å². The van der Waals surface area contributed by atoms with Crippen LogP contribution in [-0.4, -0.2) is 11.7 Å². The summed E-state index contributed by atoms with van der Waals surface area (Å²) < 4.78 is 33.4. The average molecular weight is 292 g/mol. The van der Waals surface area contributed by atoms with Crippen LogP contribution in [0, 0.1) is 6.92 Å². The molecule has 1 unspecified atom stereocenters. The third kappa shape index (κ3) is 3.79. The van der Waals surface area contributed by atoms with E-state index in [1.807, 2.05) is 6.92 Å². The number of alkyl halides is 2. The van der Waals surface area contributed by atoms with Crippen LogP contribution in [0.2, 0.25) is 0 Å². The number of rotatable bonds is 5. The number of halogens is 2. The molecular formula is C17H18F2O2. The van der Waals surface area contributed by atoms with Crippen molar-refractivity contribution >= 4 is 0 Å². The first-order chi connectivity index (χ1) is 9.90. The molecule has 0 heterocycles. The summed E-state index contributed by atoms with van der Waals surface area (Å²) in [6, 6.07) is 12.7. The van der Waals surface area contributed by atoms with Gasteiger partial charge in [-0.1, -0.05) is 42.0 Å². The van der Waals surface area contributed by atoms with Gasteiger partial charge in [0, 0.05) is 11.1 Å². The summed E-state index contributed by atoms with van der Waals surface area (Å²) in [6.07, 6.45) is -0.773. The molecule has 0 aliphatic rings. The van der Waals surface area contributed by atoms with Crippen molar-refractivity contribution in [3.8, 4) is 5.75 Å². The van der Waals surface area contributed by atoms with E-state index in [-0.39, 0.29) is 11.3 Å². The molecule has 2 nitrogen and oxygen atoms in total. The molecule has 0 aliphatic heterocycles. The molecule has 0 aliphatic carbocycles. The summed E-state index contributed by atoms with van der Waals surface area (Å²) in [4.78, 5) is 0. The van der Waals surface area contributed by atoms with Gasteiger partial charge in [-0.25, -0.2) is 0 Å². The molecule has 4 heteroatoms. The standard InChI is InChI=1S/C17H18F2O2/c1-12-8-9-16(15(10-12)13(2)20)21-11-17(18,19)14-6-4-3-5-7-14/h3-10,13,20H,11H2,1-2H3. The van der Waals surface area contributed by atoms with Crippen molar-refractivity contribution < 1.29 is 18.6 Å². The van der Waals surface area contributed by atoms with Gasteiger partial charge in [0.1, 0.15) is 5.75 Å². The van der Waals surface area contributed by atoms with Crippen LogP contribution in [0.25, 0.3) is 0 Å². The summed E-state index contributed by atoms with van der Waals surface area (Å²) in [7, 11) is 0. The molecule has 1 N–H and O–H groups in total. The van der Waals surface area contributed by atoms with Crippen LogP contribution in [0.5, 0.6) is 5.75 Å². The van der Waals surface area contributed by atoms with E-state index < -0.39 is 18.6 Å². The average Bonchev–Trinajstić information content (AvgIpc) is 2.47. The molecule has 112 valence electrons. The van der Waals surface area contributed by atoms with E-state index in [0.717, 1.165) is 5.56 Å². The highest BCUT2D eigenvalue weighted by Crippen LogP contribution is 2.31. The maximum absolute atomic E-state index is 14.1. The number of benzene rings is 2. The van der Waals surface area contributed by atoms with Gasteiger partial charge in [0.2, 0.25) is 0 Å². The van der Waals surface area contributed by atoms with E-state index in [2.05, 4.69) is 0 Å². The first kappa shape index (κ1) is 15.4. The molecule has 0 saturated carbocycles. The predicted molar refractivity (Wildman–Crippen MR) is 77.6 cm³/mol. The largest absolute Gasteiger partial charge is 0.487 e. The number of hydrogen-bond donors (Lipinski definition) is 1. The maximum atomic E-state index is 14.1. The van der Waals surface area contributed by atoms with Crippen molar-refractivity contribution in [3.63, 3.8) is 0 Å². The number of aliphatic hydroxyl groups excluding tert-OH is 1. The lowest BCUT2D eigenvalue weighted by molar-refractivity contribution is -0.0473. The van der Waals surface area contributed by atoms with Gasteiger partial charge in [-0.05, 0) is 26.0 Å². The highest BCUT2D eigenvalue weighted by Gasteiger charge is 2.32. The fourth-order valence-corrected chi connectivity index (χ4v) is 2.06. The van der Waals surface area contributed by atoms with Gasteiger partial charge in [0.15, 0.2) is 6.61 Å². The molecule has 21 heavy (non-hydrogen) atoms. The Balaban J connectivity index is 2.16. The molecule has 0 bridgehead atoms. The zero-order valence-corrected chi connectivity index (χ0v) is 12.0. The Morgan fingerprint density at radius 2 is 1.81 bits per heavy atom. The fraction of sp³-hybridized carbons (Fsp3) is 0.294. The Hall–Kier alpha value is -1.94. The quantitative estimate of drug-likeness (QED) is 0.894. The summed E-state index contributed by atoms with van der Waals surface area (Å²) in [5, 5.41) is 9.71. The van der Waals surface area contributed by atoms with Crippen LogP contribution in [0.1, 0.15) is 29.7 Å². The van der Waals surface area contributed by atoms with Crippen LogP contribution >= 0.6 is 0 Å². The van der Waals surface area contributed by atoms with Crippen LogP contribution in [0.15, 0.2) is 48.5 Å². The molecule has 0 fully saturated rings. The van der Waals surface area contributed by atoms with Crippen molar-refractivity contribution in [1.82, 2.24) is 0 Å². The predicted octanol–water partition coefficient (Wildman–Crippen LogP) is 4.22. The first-order valence-electron chi connectivity index (χ1n) is 6.75. The second kappa shape index (κ2) is 6.22. The summed E-state index contributed by atoms with van der Waals surface area (Å²) in [6.45, 7) is 2.69. The second-order valence-electron chi connectivity index (χ2n) is 5.08. The smallest absolute Gasteiger partial charge is 0.306 e. The molecule has 2 aromatic rings. The third-order valence-electron chi connectivity index (χ3n) is 3.22. The van der Waals surface area contributed by atoms with Crippen molar-refractivity contribution in [2.24, 2.45) is 0 Å². The molecule has 0 aromatic heterocycles. The minimum atomic E-state index is -3.08. The second-order valence-corrected chi connectivity index (χ2v) is 5.08. The molecule has 0 saturated heterocycles. The molecule has 0 radical (unpaired) electrons. The van der Waals surface area contributed by atoms with Gasteiger partial charge in [0.05, 0.1) is 6.10 Å². The van der Waals surface area contributed by atoms with E-state index in [4.69, 9.17) is 4.74 Å². The number of aliphatic hydroxyl groups is 1. The Bertz CT molecular complexity index is 595. The van der Waals surface area contributed by atoms with E-state index in [9.17, 15) is 13.9 Å². The Morgan fingerprint density at radius 3 is 2.43 bits per heavy atom. The fourth-order valence-electron chi connectivity index (χ4n) is 2.06. The van der Waals surface area contributed by atoms with Gasteiger partial charge in [0.25, 0.3) is 0 Å². The minimum absolute atomic E-state index is 0.0873. The number of aryl methyl sites for hydroxylation is 1. The molecule has 2 aromatic carbocycles. The lowest BCUT2D eigenvalue weighted by Crippen LogP contribution is -2.23. The van der Waals surface area contributed by atoms with Crippen LogP contribution in [0.4, 0.5) is 8.78 Å². The van der Waals surface area contributed by atoms with Crippen LogP contribution in [-0.2, 0) is 5.92 Å². The normalized spacial score (nSPS) is 13.0. The highest BCUT2D eigenvalue weighted by atomic mass is 19.3. The molecule has 0 amide bonds. The van der Waals surface area contributed by atoms with E-state index in [0.29, 0.717) is 5.56 Å². The molecule has 0 spiro atoms. The van der Waals surface area contributed by atoms with Gasteiger partial charge in [-0.2, -0.15) is 8.78 Å². The minimum Gasteiger partial charge on any atom is -0.487 e. The van der Waals surface area contributed by atoms with E-state index >= 15 is 0 Å². The topological polar surface area (TPSA) is 29.5 Å². The lowest BCUT2D eigenvalue weighted by atomic mass is 10.1. The van der Waals surface area contributed by atoms with Crippen molar-refractivity contribution in [2.45, 2.75) is 25.9 Å². The number of ether oxygens (including phenoxy) is 1. The van der Waals surface area contributed by atoms with Gasteiger partial charge in [-0.3, -0.25) is 0 Å². The lowest BCUT2D eigenvalue weighted by Gasteiger charge is -2.20. The van der Waals surface area contributed by atoms with Crippen molar-refractivity contribution in [3.05, 3.63) is 65.2 Å². The SMILES string of the molecule is Cc1ccc(OCC(F)(F)c2ccccc2)c(C(C)O)c1.